The smallest absolute Gasteiger partial charge is 0.312 e. The number of rotatable bonds is 3. The lowest BCUT2D eigenvalue weighted by Gasteiger charge is -2.18. The Hall–Kier alpha value is -1.58. The van der Waals surface area contributed by atoms with Crippen LogP contribution in [0, 0.1) is 5.41 Å². The molecule has 1 unspecified atom stereocenters. The highest BCUT2D eigenvalue weighted by atomic mass is 16.5. The molecule has 96 valence electrons. The van der Waals surface area contributed by atoms with Crippen molar-refractivity contribution in [3.8, 4) is 0 Å². The summed E-state index contributed by atoms with van der Waals surface area (Å²) < 4.78 is 5.58. The predicted molar refractivity (Wildman–Crippen MR) is 68.3 cm³/mol. The minimum atomic E-state index is -0.182. The molecule has 1 saturated heterocycles. The minimum Gasteiger partial charge on any atom is -0.460 e. The van der Waals surface area contributed by atoms with Gasteiger partial charge in [0.1, 0.15) is 11.9 Å². The van der Waals surface area contributed by atoms with Gasteiger partial charge in [-0.1, -0.05) is 6.07 Å². The Labute approximate surface area is 107 Å². The molecule has 1 aliphatic heterocycles. The second kappa shape index (κ2) is 4.26. The summed E-state index contributed by atoms with van der Waals surface area (Å²) in [6, 6.07) is 5.88. The van der Waals surface area contributed by atoms with Crippen molar-refractivity contribution in [1.29, 1.82) is 0 Å². The van der Waals surface area contributed by atoms with Gasteiger partial charge in [-0.25, -0.2) is 4.98 Å². The molecule has 0 N–H and O–H groups in total. The summed E-state index contributed by atoms with van der Waals surface area (Å²) in [6.45, 7) is 3.66. The Balaban J connectivity index is 1.57. The van der Waals surface area contributed by atoms with E-state index in [1.165, 1.54) is 0 Å². The van der Waals surface area contributed by atoms with Gasteiger partial charge in [0.15, 0.2) is 0 Å². The minimum absolute atomic E-state index is 0.0182. The maximum Gasteiger partial charge on any atom is 0.312 e. The van der Waals surface area contributed by atoms with Gasteiger partial charge in [0, 0.05) is 19.2 Å². The summed E-state index contributed by atoms with van der Waals surface area (Å²) >= 11 is 0. The van der Waals surface area contributed by atoms with Crippen molar-refractivity contribution in [1.82, 2.24) is 4.98 Å². The first-order valence-corrected chi connectivity index (χ1v) is 6.54. The highest BCUT2D eigenvalue weighted by molar-refractivity contribution is 5.79. The van der Waals surface area contributed by atoms with Crippen LogP contribution in [0.3, 0.4) is 0 Å². The van der Waals surface area contributed by atoms with Crippen LogP contribution in [0.5, 0.6) is 0 Å². The lowest BCUT2D eigenvalue weighted by Crippen LogP contribution is -2.27. The number of ether oxygens (including phenoxy) is 1. The van der Waals surface area contributed by atoms with E-state index in [4.69, 9.17) is 4.74 Å². The number of aromatic nitrogens is 1. The summed E-state index contributed by atoms with van der Waals surface area (Å²) in [4.78, 5) is 18.4. The molecule has 2 fully saturated rings. The number of carbonyl (C=O) groups excluding carboxylic acids is 1. The first-order chi connectivity index (χ1) is 8.67. The van der Waals surface area contributed by atoms with Gasteiger partial charge in [-0.15, -0.1) is 0 Å². The Morgan fingerprint density at radius 1 is 1.50 bits per heavy atom. The molecule has 1 aromatic rings. The van der Waals surface area contributed by atoms with Gasteiger partial charge in [0.05, 0.1) is 12.0 Å². The van der Waals surface area contributed by atoms with Crippen LogP contribution in [0.4, 0.5) is 5.82 Å². The van der Waals surface area contributed by atoms with Crippen molar-refractivity contribution in [3.63, 3.8) is 0 Å². The number of nitrogens with zero attached hydrogens (tertiary/aromatic N) is 2. The van der Waals surface area contributed by atoms with Crippen molar-refractivity contribution < 1.29 is 9.53 Å². The quantitative estimate of drug-likeness (QED) is 0.765. The number of pyridine rings is 1. The van der Waals surface area contributed by atoms with Gasteiger partial charge in [0.2, 0.25) is 0 Å². The van der Waals surface area contributed by atoms with Crippen molar-refractivity contribution in [2.75, 3.05) is 18.0 Å². The molecule has 2 aliphatic rings. The van der Waals surface area contributed by atoms with Crippen LogP contribution in [0.1, 0.15) is 26.2 Å². The molecular weight excluding hydrogens is 228 g/mol. The fraction of sp³-hybridized carbons (Fsp3) is 0.571. The third kappa shape index (κ3) is 2.19. The second-order valence-corrected chi connectivity index (χ2v) is 5.51. The molecule has 0 amide bonds. The van der Waals surface area contributed by atoms with E-state index in [0.717, 1.165) is 38.2 Å². The van der Waals surface area contributed by atoms with E-state index in [1.807, 2.05) is 25.1 Å². The molecule has 0 aromatic carbocycles. The molecule has 0 spiro atoms. The average molecular weight is 246 g/mol. The van der Waals surface area contributed by atoms with Crippen molar-refractivity contribution >= 4 is 11.8 Å². The maximum absolute atomic E-state index is 11.9. The molecule has 0 bridgehead atoms. The molecule has 3 rings (SSSR count). The first kappa shape index (κ1) is 11.5. The van der Waals surface area contributed by atoms with Crippen molar-refractivity contribution in [3.05, 3.63) is 24.4 Å². The molecule has 4 nitrogen and oxygen atoms in total. The largest absolute Gasteiger partial charge is 0.460 e. The fourth-order valence-corrected chi connectivity index (χ4v) is 2.26. The van der Waals surface area contributed by atoms with Gasteiger partial charge in [-0.05, 0) is 31.9 Å². The number of hydrogen-bond acceptors (Lipinski definition) is 4. The molecule has 2 heterocycles. The highest BCUT2D eigenvalue weighted by Crippen LogP contribution is 2.46. The normalized spacial score (nSPS) is 24.9. The van der Waals surface area contributed by atoms with Crippen molar-refractivity contribution in [2.45, 2.75) is 32.3 Å². The summed E-state index contributed by atoms with van der Waals surface area (Å²) in [7, 11) is 0. The van der Waals surface area contributed by atoms with Crippen molar-refractivity contribution in [2.24, 2.45) is 5.41 Å². The summed E-state index contributed by atoms with van der Waals surface area (Å²) in [5.41, 5.74) is -0.182. The van der Waals surface area contributed by atoms with E-state index in [9.17, 15) is 4.79 Å². The molecule has 1 saturated carbocycles. The first-order valence-electron chi connectivity index (χ1n) is 6.54. The zero-order valence-electron chi connectivity index (χ0n) is 10.6. The van der Waals surface area contributed by atoms with Gasteiger partial charge >= 0.3 is 5.97 Å². The van der Waals surface area contributed by atoms with Gasteiger partial charge in [-0.3, -0.25) is 4.79 Å². The zero-order chi connectivity index (χ0) is 12.6. The fourth-order valence-electron chi connectivity index (χ4n) is 2.26. The number of anilines is 1. The van der Waals surface area contributed by atoms with Crippen LogP contribution in [0.2, 0.25) is 0 Å². The molecule has 4 heteroatoms. The van der Waals surface area contributed by atoms with Gasteiger partial charge in [-0.2, -0.15) is 0 Å². The molecule has 1 atom stereocenters. The highest BCUT2D eigenvalue weighted by Gasteiger charge is 2.47. The van der Waals surface area contributed by atoms with E-state index in [-0.39, 0.29) is 17.5 Å². The predicted octanol–water partition coefficient (Wildman–Crippen LogP) is 2.00. The van der Waals surface area contributed by atoms with Crippen LogP contribution in [-0.2, 0) is 9.53 Å². The van der Waals surface area contributed by atoms with Crippen LogP contribution >= 0.6 is 0 Å². The number of hydrogen-bond donors (Lipinski definition) is 0. The Kier molecular flexibility index (Phi) is 2.73. The lowest BCUT2D eigenvalue weighted by atomic mass is 10.1. The second-order valence-electron chi connectivity index (χ2n) is 5.51. The van der Waals surface area contributed by atoms with Gasteiger partial charge < -0.3 is 9.64 Å². The monoisotopic (exact) mass is 246 g/mol. The van der Waals surface area contributed by atoms with E-state index >= 15 is 0 Å². The van der Waals surface area contributed by atoms with Crippen LogP contribution in [0.15, 0.2) is 24.4 Å². The van der Waals surface area contributed by atoms with Crippen LogP contribution in [0.25, 0.3) is 0 Å². The SMILES string of the molecule is CC1(C(=O)OC2CCN(c3ccccn3)C2)CC1. The summed E-state index contributed by atoms with van der Waals surface area (Å²) in [5, 5.41) is 0. The molecule has 1 aliphatic carbocycles. The molecular formula is C14H18N2O2. The number of carbonyl (C=O) groups is 1. The Morgan fingerprint density at radius 2 is 2.33 bits per heavy atom. The Morgan fingerprint density at radius 3 is 3.00 bits per heavy atom. The van der Waals surface area contributed by atoms with Crippen LogP contribution in [-0.4, -0.2) is 30.1 Å². The van der Waals surface area contributed by atoms with Gasteiger partial charge in [0.25, 0.3) is 0 Å². The van der Waals surface area contributed by atoms with E-state index < -0.39 is 0 Å². The number of esters is 1. The maximum atomic E-state index is 11.9. The van der Waals surface area contributed by atoms with E-state index in [0.29, 0.717) is 0 Å². The zero-order valence-corrected chi connectivity index (χ0v) is 10.6. The summed E-state index contributed by atoms with van der Waals surface area (Å²) in [5.74, 6) is 0.948. The Bertz CT molecular complexity index is 442. The standard InChI is InChI=1S/C14H18N2O2/c1-14(6-7-14)13(17)18-11-5-9-16(10-11)12-4-2-3-8-15-12/h2-4,8,11H,5-7,9-10H2,1H3. The topological polar surface area (TPSA) is 42.4 Å². The average Bonchev–Trinajstić information content (AvgIpc) is 2.98. The molecule has 0 radical (unpaired) electrons. The third-order valence-corrected chi connectivity index (χ3v) is 3.88. The van der Waals surface area contributed by atoms with Crippen LogP contribution < -0.4 is 4.90 Å². The van der Waals surface area contributed by atoms with E-state index in [1.54, 1.807) is 6.20 Å². The molecule has 18 heavy (non-hydrogen) atoms. The summed E-state index contributed by atoms with van der Waals surface area (Å²) in [6.07, 6.45) is 4.67. The molecule has 1 aromatic heterocycles. The lowest BCUT2D eigenvalue weighted by molar-refractivity contribution is -0.154. The van der Waals surface area contributed by atoms with E-state index in [2.05, 4.69) is 9.88 Å². The third-order valence-electron chi connectivity index (χ3n) is 3.88.